The van der Waals surface area contributed by atoms with Gasteiger partial charge in [-0.2, -0.15) is 0 Å². The first-order valence-electron chi connectivity index (χ1n) is 2.97. The Hall–Kier alpha value is -0.480. The van der Waals surface area contributed by atoms with Crippen molar-refractivity contribution < 1.29 is 0 Å². The van der Waals surface area contributed by atoms with E-state index in [9.17, 15) is 0 Å². The van der Waals surface area contributed by atoms with E-state index in [2.05, 4.69) is 14.9 Å². The Morgan fingerprint density at radius 1 is 1.78 bits per heavy atom. The molecular formula is C5H7N3S. The summed E-state index contributed by atoms with van der Waals surface area (Å²) < 4.78 is 3.78. The van der Waals surface area contributed by atoms with E-state index < -0.39 is 0 Å². The monoisotopic (exact) mass is 141 g/mol. The summed E-state index contributed by atoms with van der Waals surface area (Å²) in [5.41, 5.74) is 1.10. The normalized spacial score (nSPS) is 25.6. The highest BCUT2D eigenvalue weighted by Gasteiger charge is 2.19. The zero-order chi connectivity index (χ0) is 6.10. The molecule has 1 saturated heterocycles. The summed E-state index contributed by atoms with van der Waals surface area (Å²) in [4.78, 5) is 0. The molecule has 4 heteroatoms. The van der Waals surface area contributed by atoms with Crippen molar-refractivity contribution in [3.8, 4) is 0 Å². The highest BCUT2D eigenvalue weighted by molar-refractivity contribution is 7.03. The third kappa shape index (κ3) is 0.840. The van der Waals surface area contributed by atoms with Crippen LogP contribution in [0.5, 0.6) is 0 Å². The minimum absolute atomic E-state index is 0.503. The molecule has 2 heterocycles. The number of hydrogen-bond donors (Lipinski definition) is 1. The maximum atomic E-state index is 3.94. The van der Waals surface area contributed by atoms with Gasteiger partial charge in [0.15, 0.2) is 0 Å². The first-order chi connectivity index (χ1) is 4.47. The van der Waals surface area contributed by atoms with E-state index in [1.807, 2.05) is 5.38 Å². The summed E-state index contributed by atoms with van der Waals surface area (Å²) in [6.45, 7) is 1.13. The Morgan fingerprint density at radius 2 is 2.67 bits per heavy atom. The minimum Gasteiger partial charge on any atom is -0.308 e. The maximum Gasteiger partial charge on any atom is 0.0925 e. The summed E-state index contributed by atoms with van der Waals surface area (Å²) in [5.74, 6) is 0. The fourth-order valence-corrected chi connectivity index (χ4v) is 1.37. The molecule has 0 amide bonds. The molecule has 0 aromatic carbocycles. The van der Waals surface area contributed by atoms with Crippen molar-refractivity contribution in [3.63, 3.8) is 0 Å². The Kier molecular flexibility index (Phi) is 1.20. The lowest BCUT2D eigenvalue weighted by Crippen LogP contribution is -2.35. The van der Waals surface area contributed by atoms with Crippen LogP contribution in [-0.2, 0) is 0 Å². The molecule has 1 aromatic heterocycles. The Labute approximate surface area is 57.3 Å². The van der Waals surface area contributed by atoms with Crippen molar-refractivity contribution in [3.05, 3.63) is 11.1 Å². The molecule has 2 rings (SSSR count). The van der Waals surface area contributed by atoms with Gasteiger partial charge in [0.25, 0.3) is 0 Å². The zero-order valence-corrected chi connectivity index (χ0v) is 5.69. The predicted octanol–water partition coefficient (Wildman–Crippen LogP) is 0.573. The summed E-state index contributed by atoms with van der Waals surface area (Å²) in [6, 6.07) is 0.503. The highest BCUT2D eigenvalue weighted by atomic mass is 32.1. The molecule has 0 radical (unpaired) electrons. The average Bonchev–Trinajstić information content (AvgIpc) is 2.11. The Balaban J connectivity index is 2.14. The number of nitrogens with one attached hydrogen (secondary N) is 1. The van der Waals surface area contributed by atoms with Crippen molar-refractivity contribution in [2.75, 3.05) is 6.54 Å². The smallest absolute Gasteiger partial charge is 0.0925 e. The third-order valence-corrected chi connectivity index (χ3v) is 2.08. The van der Waals surface area contributed by atoms with Gasteiger partial charge in [-0.25, -0.2) is 0 Å². The second kappa shape index (κ2) is 2.04. The van der Waals surface area contributed by atoms with E-state index in [4.69, 9.17) is 0 Å². The standard InChI is InChI=1S/C5H7N3S/c1-2-6-4(1)5-3-9-8-7-5/h3-4,6H,1-2H2. The van der Waals surface area contributed by atoms with Crippen molar-refractivity contribution in [1.29, 1.82) is 0 Å². The van der Waals surface area contributed by atoms with Gasteiger partial charge in [0, 0.05) is 5.38 Å². The van der Waals surface area contributed by atoms with Gasteiger partial charge in [0.2, 0.25) is 0 Å². The first-order valence-corrected chi connectivity index (χ1v) is 3.81. The van der Waals surface area contributed by atoms with Crippen LogP contribution in [0.15, 0.2) is 5.38 Å². The molecule has 48 valence electrons. The van der Waals surface area contributed by atoms with Crippen LogP contribution >= 0.6 is 11.5 Å². The topological polar surface area (TPSA) is 37.8 Å². The van der Waals surface area contributed by atoms with Crippen LogP contribution in [0.1, 0.15) is 18.2 Å². The van der Waals surface area contributed by atoms with Gasteiger partial charge in [-0.05, 0) is 24.5 Å². The van der Waals surface area contributed by atoms with E-state index in [1.165, 1.54) is 18.0 Å². The van der Waals surface area contributed by atoms with E-state index >= 15 is 0 Å². The van der Waals surface area contributed by atoms with Gasteiger partial charge >= 0.3 is 0 Å². The Bertz CT molecular complexity index is 180. The number of hydrogen-bond acceptors (Lipinski definition) is 4. The van der Waals surface area contributed by atoms with Gasteiger partial charge in [0.1, 0.15) is 0 Å². The first kappa shape index (κ1) is 5.32. The second-order valence-corrected chi connectivity index (χ2v) is 2.73. The predicted molar refractivity (Wildman–Crippen MR) is 35.3 cm³/mol. The van der Waals surface area contributed by atoms with Crippen LogP contribution in [0, 0.1) is 0 Å². The lowest BCUT2D eigenvalue weighted by Gasteiger charge is -2.24. The van der Waals surface area contributed by atoms with Crippen LogP contribution < -0.4 is 5.32 Å². The Morgan fingerprint density at radius 3 is 3.11 bits per heavy atom. The average molecular weight is 141 g/mol. The molecular weight excluding hydrogens is 134 g/mol. The maximum absolute atomic E-state index is 3.94. The largest absolute Gasteiger partial charge is 0.308 e. The van der Waals surface area contributed by atoms with Crippen LogP contribution in [-0.4, -0.2) is 16.1 Å². The van der Waals surface area contributed by atoms with Crippen LogP contribution in [0.4, 0.5) is 0 Å². The molecule has 1 aliphatic heterocycles. The number of nitrogens with zero attached hydrogens (tertiary/aromatic N) is 2. The summed E-state index contributed by atoms with van der Waals surface area (Å²) in [7, 11) is 0. The van der Waals surface area contributed by atoms with Crippen molar-refractivity contribution >= 4 is 11.5 Å². The van der Waals surface area contributed by atoms with Gasteiger partial charge in [-0.3, -0.25) is 0 Å². The zero-order valence-electron chi connectivity index (χ0n) is 4.87. The van der Waals surface area contributed by atoms with Crippen molar-refractivity contribution in [2.45, 2.75) is 12.5 Å². The lowest BCUT2D eigenvalue weighted by molar-refractivity contribution is 0.375. The van der Waals surface area contributed by atoms with Gasteiger partial charge < -0.3 is 5.32 Å². The summed E-state index contributed by atoms with van der Waals surface area (Å²) >= 11 is 1.42. The molecule has 1 aliphatic rings. The SMILES string of the molecule is c1snnc1C1CCN1. The molecule has 0 bridgehead atoms. The molecule has 3 nitrogen and oxygen atoms in total. The van der Waals surface area contributed by atoms with Crippen LogP contribution in [0.2, 0.25) is 0 Å². The minimum atomic E-state index is 0.503. The van der Waals surface area contributed by atoms with E-state index in [0.29, 0.717) is 6.04 Å². The van der Waals surface area contributed by atoms with Crippen molar-refractivity contribution in [2.24, 2.45) is 0 Å². The number of aromatic nitrogens is 2. The molecule has 1 atom stereocenters. The molecule has 1 aromatic rings. The van der Waals surface area contributed by atoms with E-state index in [-0.39, 0.29) is 0 Å². The molecule has 0 spiro atoms. The van der Waals surface area contributed by atoms with Gasteiger partial charge in [0.05, 0.1) is 11.7 Å². The summed E-state index contributed by atoms with van der Waals surface area (Å²) in [6.07, 6.45) is 1.21. The van der Waals surface area contributed by atoms with Crippen LogP contribution in [0.25, 0.3) is 0 Å². The van der Waals surface area contributed by atoms with Gasteiger partial charge in [-0.15, -0.1) is 5.10 Å². The van der Waals surface area contributed by atoms with Gasteiger partial charge in [-0.1, -0.05) is 4.49 Å². The fourth-order valence-electron chi connectivity index (χ4n) is 0.865. The third-order valence-electron chi connectivity index (χ3n) is 1.56. The molecule has 0 saturated carbocycles. The quantitative estimate of drug-likeness (QED) is 0.621. The number of rotatable bonds is 1. The van der Waals surface area contributed by atoms with E-state index in [0.717, 1.165) is 12.2 Å². The van der Waals surface area contributed by atoms with E-state index in [1.54, 1.807) is 0 Å². The van der Waals surface area contributed by atoms with Crippen molar-refractivity contribution in [1.82, 2.24) is 14.9 Å². The fraction of sp³-hybridized carbons (Fsp3) is 0.600. The molecule has 1 fully saturated rings. The highest BCUT2D eigenvalue weighted by Crippen LogP contribution is 2.20. The lowest BCUT2D eigenvalue weighted by atomic mass is 10.1. The van der Waals surface area contributed by atoms with Crippen LogP contribution in [0.3, 0.4) is 0 Å². The summed E-state index contributed by atoms with van der Waals surface area (Å²) in [5, 5.41) is 9.19. The molecule has 9 heavy (non-hydrogen) atoms. The molecule has 0 aliphatic carbocycles. The molecule has 1 unspecified atom stereocenters. The molecule has 1 N–H and O–H groups in total. The second-order valence-electron chi connectivity index (χ2n) is 2.13.